The van der Waals surface area contributed by atoms with E-state index in [4.69, 9.17) is 28.7 Å². The lowest BCUT2D eigenvalue weighted by atomic mass is 10.0. The normalized spacial score (nSPS) is 15.2. The van der Waals surface area contributed by atoms with Gasteiger partial charge in [0.1, 0.15) is 0 Å². The molecule has 0 fully saturated rings. The summed E-state index contributed by atoms with van der Waals surface area (Å²) in [5.74, 6) is 1.26. The maximum absolute atomic E-state index is 9.35. The van der Waals surface area contributed by atoms with E-state index < -0.39 is 83.6 Å². The van der Waals surface area contributed by atoms with Gasteiger partial charge in [0.15, 0.2) is 17.5 Å². The van der Waals surface area contributed by atoms with E-state index in [1.165, 1.54) is 4.57 Å². The van der Waals surface area contributed by atoms with Crippen LogP contribution in [-0.2, 0) is 0 Å². The second-order valence-corrected chi connectivity index (χ2v) is 9.62. The van der Waals surface area contributed by atoms with Gasteiger partial charge in [-0.15, -0.1) is 0 Å². The van der Waals surface area contributed by atoms with E-state index in [2.05, 4.69) is 0 Å². The van der Waals surface area contributed by atoms with Crippen LogP contribution in [-0.4, -0.2) is 19.5 Å². The van der Waals surface area contributed by atoms with Gasteiger partial charge in [0.2, 0.25) is 0 Å². The van der Waals surface area contributed by atoms with Crippen molar-refractivity contribution in [3.8, 4) is 51.0 Å². The van der Waals surface area contributed by atoms with Gasteiger partial charge >= 0.3 is 0 Å². The first kappa shape index (κ1) is 15.4. The molecule has 6 aromatic carbocycles. The van der Waals surface area contributed by atoms with Crippen molar-refractivity contribution in [2.75, 3.05) is 0 Å². The molecular formula is C39H26N4. The molecule has 0 atom stereocenters. The first-order chi connectivity index (χ1) is 26.3. The molecule has 0 aliphatic heterocycles. The number of rotatable bonds is 5. The predicted octanol–water partition coefficient (Wildman–Crippen LogP) is 9.64. The van der Waals surface area contributed by atoms with Crippen molar-refractivity contribution in [2.45, 2.75) is 0 Å². The van der Waals surface area contributed by atoms with Crippen LogP contribution in [0.15, 0.2) is 157 Å². The Morgan fingerprint density at radius 1 is 0.419 bits per heavy atom. The Kier molecular flexibility index (Phi) is 3.76. The third-order valence-electron chi connectivity index (χ3n) is 6.99. The third kappa shape index (κ3) is 4.55. The molecule has 202 valence electrons. The molecule has 0 unspecified atom stereocenters. The summed E-state index contributed by atoms with van der Waals surface area (Å²) >= 11 is 0. The smallest absolute Gasteiger partial charge is 0.164 e. The number of aromatic nitrogens is 4. The minimum atomic E-state index is -0.684. The molecule has 0 saturated heterocycles. The van der Waals surface area contributed by atoms with E-state index in [1.807, 2.05) is 60.7 Å². The Balaban J connectivity index is 1.40. The Hall–Kier alpha value is -5.87. The lowest BCUT2D eigenvalue weighted by molar-refractivity contribution is 1.07. The summed E-state index contributed by atoms with van der Waals surface area (Å²) in [7, 11) is 0. The van der Waals surface area contributed by atoms with E-state index >= 15 is 0 Å². The van der Waals surface area contributed by atoms with Crippen molar-refractivity contribution in [3.05, 3.63) is 157 Å². The number of hydrogen-bond acceptors (Lipinski definition) is 3. The zero-order valence-electron chi connectivity index (χ0n) is 34.4. The van der Waals surface area contributed by atoms with Crippen LogP contribution >= 0.6 is 0 Å². The van der Waals surface area contributed by atoms with Crippen molar-refractivity contribution < 1.29 is 16.4 Å². The van der Waals surface area contributed by atoms with Gasteiger partial charge in [-0.3, -0.25) is 0 Å². The lowest BCUT2D eigenvalue weighted by Crippen LogP contribution is -2.00. The molecule has 0 saturated carbocycles. The van der Waals surface area contributed by atoms with Crippen LogP contribution in [0.1, 0.15) is 16.4 Å². The number of benzene rings is 6. The van der Waals surface area contributed by atoms with Crippen LogP contribution in [0.2, 0.25) is 0 Å². The van der Waals surface area contributed by atoms with E-state index in [-0.39, 0.29) is 21.8 Å². The van der Waals surface area contributed by atoms with Crippen molar-refractivity contribution in [1.82, 2.24) is 19.5 Å². The number of fused-ring (bicyclic) bond motifs is 3. The van der Waals surface area contributed by atoms with Crippen LogP contribution in [0.5, 0.6) is 0 Å². The van der Waals surface area contributed by atoms with E-state index in [9.17, 15) is 2.74 Å². The topological polar surface area (TPSA) is 43.6 Å². The molecule has 8 aromatic rings. The van der Waals surface area contributed by atoms with E-state index in [0.717, 1.165) is 11.1 Å². The largest absolute Gasteiger partial charge is 0.309 e. The molecule has 0 aliphatic carbocycles. The van der Waals surface area contributed by atoms with Crippen molar-refractivity contribution in [2.24, 2.45) is 0 Å². The quantitative estimate of drug-likeness (QED) is 0.210. The molecule has 8 rings (SSSR count). The summed E-state index contributed by atoms with van der Waals surface area (Å²) in [4.78, 5) is 14.3. The summed E-state index contributed by atoms with van der Waals surface area (Å²) in [5, 5.41) is -0.249. The standard InChI is InChI=1S/C39H26N4/c1-4-12-27(13-5-1)31-22-25-36-34(26-31)33-18-10-11-19-35(33)43(36)32-23-20-30(21-24-32)39-41-37(28-14-6-2-7-15-28)40-38(42-39)29-16-8-3-9-17-29/h1-26H/i1D,4D,5D,10D,11D,12D,13D,18D,19D,22D,25D,26D. The summed E-state index contributed by atoms with van der Waals surface area (Å²) < 4.78 is 105. The van der Waals surface area contributed by atoms with Crippen LogP contribution < -0.4 is 0 Å². The summed E-state index contributed by atoms with van der Waals surface area (Å²) in [6, 6.07) is 18.5. The summed E-state index contributed by atoms with van der Waals surface area (Å²) in [6.07, 6.45) is 0. The minimum absolute atomic E-state index is 0.0637. The minimum Gasteiger partial charge on any atom is -0.309 e. The number of hydrogen-bond donors (Lipinski definition) is 0. The molecule has 4 heteroatoms. The maximum Gasteiger partial charge on any atom is 0.164 e. The van der Waals surface area contributed by atoms with Crippen LogP contribution in [0.4, 0.5) is 0 Å². The monoisotopic (exact) mass is 562 g/mol. The van der Waals surface area contributed by atoms with Gasteiger partial charge < -0.3 is 4.57 Å². The lowest BCUT2D eigenvalue weighted by Gasteiger charge is -2.11. The summed E-state index contributed by atoms with van der Waals surface area (Å²) in [5.41, 5.74) is 1.45. The molecule has 0 aliphatic rings. The summed E-state index contributed by atoms with van der Waals surface area (Å²) in [6.45, 7) is 0. The van der Waals surface area contributed by atoms with Gasteiger partial charge in [0.25, 0.3) is 0 Å². The van der Waals surface area contributed by atoms with Gasteiger partial charge in [0, 0.05) is 33.2 Å². The SMILES string of the molecule is [2H]c1c([2H])c([2H])c(-c2c([2H])c([2H])c3c(c2[2H])c2c([2H])c([2H])c([2H])c([2H])c2n3-c2ccc(-c3nc(-c4ccccc4)nc(-c4ccccc4)n3)cc2)c([2H])c1[2H]. The molecule has 2 heterocycles. The van der Waals surface area contributed by atoms with Crippen molar-refractivity contribution >= 4 is 21.8 Å². The molecule has 2 aromatic heterocycles. The van der Waals surface area contributed by atoms with Crippen molar-refractivity contribution in [1.29, 1.82) is 0 Å². The zero-order chi connectivity index (χ0) is 39.0. The Bertz CT molecular complexity index is 2790. The average molecular weight is 563 g/mol. The van der Waals surface area contributed by atoms with Crippen LogP contribution in [0.25, 0.3) is 72.8 Å². The molecule has 0 amide bonds. The first-order valence-corrected chi connectivity index (χ1v) is 13.4. The van der Waals surface area contributed by atoms with Crippen molar-refractivity contribution in [3.63, 3.8) is 0 Å². The molecular weight excluding hydrogens is 524 g/mol. The molecule has 43 heavy (non-hydrogen) atoms. The second kappa shape index (κ2) is 10.5. The van der Waals surface area contributed by atoms with E-state index in [0.29, 0.717) is 28.7 Å². The van der Waals surface area contributed by atoms with Gasteiger partial charge in [0.05, 0.1) is 27.5 Å². The molecule has 0 spiro atoms. The highest BCUT2D eigenvalue weighted by atomic mass is 15.0. The highest BCUT2D eigenvalue weighted by Gasteiger charge is 2.15. The number of para-hydroxylation sites is 1. The van der Waals surface area contributed by atoms with Gasteiger partial charge in [-0.05, 0) is 53.5 Å². The fourth-order valence-electron chi connectivity index (χ4n) is 4.97. The van der Waals surface area contributed by atoms with Gasteiger partial charge in [-0.25, -0.2) is 15.0 Å². The fraction of sp³-hybridized carbons (Fsp3) is 0. The highest BCUT2D eigenvalue weighted by molar-refractivity contribution is 6.10. The maximum atomic E-state index is 9.35. The zero-order valence-corrected chi connectivity index (χ0v) is 22.4. The Morgan fingerprint density at radius 3 is 1.58 bits per heavy atom. The predicted molar refractivity (Wildman–Crippen MR) is 176 cm³/mol. The van der Waals surface area contributed by atoms with Crippen LogP contribution in [0, 0.1) is 0 Å². The third-order valence-corrected chi connectivity index (χ3v) is 6.99. The van der Waals surface area contributed by atoms with E-state index in [1.54, 1.807) is 24.3 Å². The molecule has 0 bridgehead atoms. The molecule has 0 N–H and O–H groups in total. The van der Waals surface area contributed by atoms with Gasteiger partial charge in [-0.2, -0.15) is 0 Å². The molecule has 4 nitrogen and oxygen atoms in total. The van der Waals surface area contributed by atoms with Gasteiger partial charge in [-0.1, -0.05) is 115 Å². The first-order valence-electron chi connectivity index (χ1n) is 19.4. The second-order valence-electron chi connectivity index (χ2n) is 9.62. The Labute approximate surface area is 266 Å². The number of nitrogens with zero attached hydrogens (tertiary/aromatic N) is 4. The highest BCUT2D eigenvalue weighted by Crippen LogP contribution is 2.35. The Morgan fingerprint density at radius 2 is 0.953 bits per heavy atom. The molecule has 0 radical (unpaired) electrons. The fourth-order valence-corrected chi connectivity index (χ4v) is 4.97. The average Bonchev–Trinajstić information content (AvgIpc) is 3.58. The van der Waals surface area contributed by atoms with Crippen LogP contribution in [0.3, 0.4) is 0 Å².